The van der Waals surface area contributed by atoms with Crippen molar-refractivity contribution >= 4 is 34.6 Å². The van der Waals surface area contributed by atoms with Crippen molar-refractivity contribution in [3.8, 4) is 6.07 Å². The minimum Gasteiger partial charge on any atom is -0.450 e. The number of benzene rings is 1. The van der Waals surface area contributed by atoms with Crippen molar-refractivity contribution in [1.82, 2.24) is 25.5 Å². The Labute approximate surface area is 166 Å². The first-order valence-corrected chi connectivity index (χ1v) is 9.07. The standard InChI is InChI=1S/C17H19ClN8O2/c1-2-28-17(27)26-8-6-25(7-9-26)15-13(18)4-3-5-14(15)20-11-12(10-19)16-21-23-24-22-16/h3-5,11,20H,2,6-9H2,1H3,(H,21,22,23,24). The number of para-hydroxylation sites is 1. The van der Waals surface area contributed by atoms with Crippen LogP contribution in [0.25, 0.3) is 5.57 Å². The number of H-pyrrole nitrogens is 1. The van der Waals surface area contributed by atoms with Crippen LogP contribution in [0.4, 0.5) is 16.2 Å². The van der Waals surface area contributed by atoms with E-state index in [1.165, 1.54) is 6.20 Å². The zero-order valence-electron chi connectivity index (χ0n) is 15.2. The fraction of sp³-hybridized carbons (Fsp3) is 0.353. The normalized spacial score (nSPS) is 14.5. The van der Waals surface area contributed by atoms with Crippen LogP contribution in [0.3, 0.4) is 0 Å². The lowest BCUT2D eigenvalue weighted by atomic mass is 10.2. The highest BCUT2D eigenvalue weighted by molar-refractivity contribution is 6.34. The summed E-state index contributed by atoms with van der Waals surface area (Å²) in [5.74, 6) is 0.196. The number of carbonyl (C=O) groups is 1. The molecule has 1 aromatic heterocycles. The van der Waals surface area contributed by atoms with Crippen molar-refractivity contribution in [3.05, 3.63) is 35.2 Å². The Bertz CT molecular complexity index is 885. The summed E-state index contributed by atoms with van der Waals surface area (Å²) in [5.41, 5.74) is 1.76. The summed E-state index contributed by atoms with van der Waals surface area (Å²) >= 11 is 6.45. The van der Waals surface area contributed by atoms with Crippen molar-refractivity contribution in [2.24, 2.45) is 0 Å². The van der Waals surface area contributed by atoms with Crippen molar-refractivity contribution < 1.29 is 9.53 Å². The van der Waals surface area contributed by atoms with Crippen LogP contribution in [0, 0.1) is 11.3 Å². The predicted molar refractivity (Wildman–Crippen MR) is 104 cm³/mol. The number of ether oxygens (including phenoxy) is 1. The van der Waals surface area contributed by atoms with Crippen LogP contribution in [0.1, 0.15) is 12.7 Å². The highest BCUT2D eigenvalue weighted by Crippen LogP contribution is 2.35. The van der Waals surface area contributed by atoms with Gasteiger partial charge in [0, 0.05) is 32.4 Å². The second-order valence-electron chi connectivity index (χ2n) is 5.86. The number of anilines is 2. The molecule has 1 aliphatic heterocycles. The average molecular weight is 403 g/mol. The van der Waals surface area contributed by atoms with Crippen molar-refractivity contribution in [1.29, 1.82) is 5.26 Å². The number of aromatic nitrogens is 4. The molecule has 1 amide bonds. The van der Waals surface area contributed by atoms with E-state index in [9.17, 15) is 10.1 Å². The number of tetrazole rings is 1. The number of nitrogens with one attached hydrogen (secondary N) is 2. The average Bonchev–Trinajstić information content (AvgIpc) is 3.24. The molecule has 0 aliphatic carbocycles. The van der Waals surface area contributed by atoms with E-state index >= 15 is 0 Å². The number of rotatable bonds is 5. The van der Waals surface area contributed by atoms with E-state index in [0.29, 0.717) is 37.8 Å². The van der Waals surface area contributed by atoms with E-state index in [-0.39, 0.29) is 17.5 Å². The van der Waals surface area contributed by atoms with Crippen LogP contribution in [0.15, 0.2) is 24.4 Å². The molecule has 0 bridgehead atoms. The number of aromatic amines is 1. The van der Waals surface area contributed by atoms with Gasteiger partial charge in [0.1, 0.15) is 11.6 Å². The number of nitriles is 1. The molecule has 28 heavy (non-hydrogen) atoms. The third kappa shape index (κ3) is 4.32. The zero-order valence-corrected chi connectivity index (χ0v) is 16.0. The Morgan fingerprint density at radius 1 is 1.43 bits per heavy atom. The van der Waals surface area contributed by atoms with Gasteiger partial charge in [-0.1, -0.05) is 17.7 Å². The van der Waals surface area contributed by atoms with E-state index in [2.05, 4.69) is 30.8 Å². The number of halogens is 1. The third-order valence-corrected chi connectivity index (χ3v) is 4.49. The van der Waals surface area contributed by atoms with E-state index in [4.69, 9.17) is 16.3 Å². The van der Waals surface area contributed by atoms with Crippen LogP contribution in [0.5, 0.6) is 0 Å². The van der Waals surface area contributed by atoms with Crippen molar-refractivity contribution in [2.45, 2.75) is 6.92 Å². The first-order chi connectivity index (χ1) is 13.6. The summed E-state index contributed by atoms with van der Waals surface area (Å²) < 4.78 is 5.05. The Balaban J connectivity index is 1.76. The fourth-order valence-electron chi connectivity index (χ4n) is 2.85. The van der Waals surface area contributed by atoms with Gasteiger partial charge in [-0.2, -0.15) is 10.5 Å². The molecular weight excluding hydrogens is 384 g/mol. The largest absolute Gasteiger partial charge is 0.450 e. The van der Waals surface area contributed by atoms with Gasteiger partial charge >= 0.3 is 6.09 Å². The summed E-state index contributed by atoms with van der Waals surface area (Å²) in [5, 5.41) is 26.4. The predicted octanol–water partition coefficient (Wildman–Crippen LogP) is 2.11. The van der Waals surface area contributed by atoms with Crippen molar-refractivity contribution in [2.75, 3.05) is 43.0 Å². The number of hydrogen-bond donors (Lipinski definition) is 2. The van der Waals surface area contributed by atoms with Gasteiger partial charge in [-0.15, -0.1) is 10.2 Å². The lowest BCUT2D eigenvalue weighted by Crippen LogP contribution is -2.49. The van der Waals surface area contributed by atoms with Gasteiger partial charge in [-0.05, 0) is 24.3 Å². The van der Waals surface area contributed by atoms with Gasteiger partial charge in [-0.25, -0.2) is 4.79 Å². The lowest BCUT2D eigenvalue weighted by molar-refractivity contribution is 0.105. The second kappa shape index (κ2) is 9.05. The van der Waals surface area contributed by atoms with Crippen LogP contribution in [-0.4, -0.2) is 64.4 Å². The van der Waals surface area contributed by atoms with Gasteiger partial charge in [-0.3, -0.25) is 0 Å². The molecule has 3 rings (SSSR count). The summed E-state index contributed by atoms with van der Waals surface area (Å²) in [7, 11) is 0. The molecule has 0 saturated carbocycles. The van der Waals surface area contributed by atoms with Gasteiger partial charge < -0.3 is 19.9 Å². The van der Waals surface area contributed by atoms with Crippen LogP contribution in [0.2, 0.25) is 5.02 Å². The summed E-state index contributed by atoms with van der Waals surface area (Å²) in [6.07, 6.45) is 1.20. The minimum absolute atomic E-state index is 0.196. The molecule has 0 radical (unpaired) electrons. The molecule has 1 aliphatic rings. The molecule has 1 fully saturated rings. The second-order valence-corrected chi connectivity index (χ2v) is 6.27. The van der Waals surface area contributed by atoms with Gasteiger partial charge in [0.15, 0.2) is 0 Å². The Morgan fingerprint density at radius 3 is 2.86 bits per heavy atom. The summed E-state index contributed by atoms with van der Waals surface area (Å²) in [6.45, 7) is 4.42. The molecule has 146 valence electrons. The number of carbonyl (C=O) groups excluding carboxylic acids is 1. The van der Waals surface area contributed by atoms with Crippen LogP contribution < -0.4 is 10.2 Å². The Hall–Kier alpha value is -3.32. The lowest BCUT2D eigenvalue weighted by Gasteiger charge is -2.36. The monoisotopic (exact) mass is 402 g/mol. The van der Waals surface area contributed by atoms with Gasteiger partial charge in [0.05, 0.1) is 23.0 Å². The van der Waals surface area contributed by atoms with Crippen LogP contribution in [-0.2, 0) is 4.74 Å². The first kappa shape index (κ1) is 19.4. The highest BCUT2D eigenvalue weighted by atomic mass is 35.5. The molecule has 2 heterocycles. The highest BCUT2D eigenvalue weighted by Gasteiger charge is 2.24. The quantitative estimate of drug-likeness (QED) is 0.729. The minimum atomic E-state index is -0.304. The van der Waals surface area contributed by atoms with Crippen LogP contribution >= 0.6 is 11.6 Å². The first-order valence-electron chi connectivity index (χ1n) is 8.69. The topological polar surface area (TPSA) is 123 Å². The SMILES string of the molecule is CCOC(=O)N1CCN(c2c(Cl)cccc2NC=C(C#N)c2nn[nH]n2)CC1. The summed E-state index contributed by atoms with van der Waals surface area (Å²) in [4.78, 5) is 15.7. The maximum absolute atomic E-state index is 11.9. The molecule has 0 spiro atoms. The molecule has 2 aromatic rings. The third-order valence-electron chi connectivity index (χ3n) is 4.19. The Morgan fingerprint density at radius 2 is 2.21 bits per heavy atom. The smallest absolute Gasteiger partial charge is 0.409 e. The molecule has 0 unspecified atom stereocenters. The number of piperazine rings is 1. The van der Waals surface area contributed by atoms with E-state index in [1.807, 2.05) is 18.2 Å². The molecular formula is C17H19ClN8O2. The zero-order chi connectivity index (χ0) is 19.9. The van der Waals surface area contributed by atoms with Crippen molar-refractivity contribution in [3.63, 3.8) is 0 Å². The van der Waals surface area contributed by atoms with E-state index < -0.39 is 0 Å². The molecule has 0 atom stereocenters. The Kier molecular flexibility index (Phi) is 6.29. The number of amides is 1. The molecule has 1 saturated heterocycles. The van der Waals surface area contributed by atoms with Gasteiger partial charge in [0.25, 0.3) is 0 Å². The van der Waals surface area contributed by atoms with Gasteiger partial charge in [0.2, 0.25) is 5.82 Å². The number of allylic oxidation sites excluding steroid dienone is 1. The number of nitrogens with zero attached hydrogens (tertiary/aromatic N) is 6. The molecule has 1 aromatic carbocycles. The van der Waals surface area contributed by atoms with E-state index in [1.54, 1.807) is 17.9 Å². The fourth-order valence-corrected chi connectivity index (χ4v) is 3.15. The molecule has 10 nitrogen and oxygen atoms in total. The maximum Gasteiger partial charge on any atom is 0.409 e. The maximum atomic E-state index is 11.9. The molecule has 2 N–H and O–H groups in total. The number of hydrogen-bond acceptors (Lipinski definition) is 8. The molecule has 11 heteroatoms. The summed E-state index contributed by atoms with van der Waals surface area (Å²) in [6, 6.07) is 7.51. The van der Waals surface area contributed by atoms with E-state index in [0.717, 1.165) is 11.4 Å².